The Morgan fingerprint density at radius 3 is 1.50 bits per heavy atom. The van der Waals surface area contributed by atoms with Crippen LogP contribution in [0.3, 0.4) is 0 Å². The molecule has 0 saturated carbocycles. The van der Waals surface area contributed by atoms with E-state index >= 15 is 0 Å². The summed E-state index contributed by atoms with van der Waals surface area (Å²) in [7, 11) is 0. The van der Waals surface area contributed by atoms with Crippen molar-refractivity contribution < 1.29 is 0 Å². The summed E-state index contributed by atoms with van der Waals surface area (Å²) in [5.74, 6) is 0. The van der Waals surface area contributed by atoms with E-state index in [4.69, 9.17) is 0 Å². The predicted octanol–water partition coefficient (Wildman–Crippen LogP) is 13.5. The lowest BCUT2D eigenvalue weighted by molar-refractivity contribution is 1.60. The lowest BCUT2D eigenvalue weighted by Gasteiger charge is -2.23. The Balaban J connectivity index is 1.40. The molecule has 0 unspecified atom stereocenters. The van der Waals surface area contributed by atoms with Crippen molar-refractivity contribution in [3.05, 3.63) is 170 Å². The SMILES string of the molecule is c1ccc(-c2ccccc2-c2c3c(c4c5cccc6cccc(c7cccc2c74)c65)-c2cccc4c(-c5ccccc5)ccc-3c24)cc1. The largest absolute Gasteiger partial charge is 0.0622 e. The second-order valence-corrected chi connectivity index (χ2v) is 13.1. The molecule has 0 heterocycles. The topological polar surface area (TPSA) is 0 Å². The van der Waals surface area contributed by atoms with Crippen LogP contribution in [0.15, 0.2) is 170 Å². The molecule has 0 atom stereocenters. The standard InChI is InChI=1S/C48H28/c1-3-13-29(14-4-1)32-19-7-8-20-35(32)44-40-26-12-23-37-36-21-9-17-31-18-10-24-38(42(31)36)46(45(37)40)48-39-25-11-22-34-33(30-15-5-2-6-16-30)27-28-41(43(34)39)47(44)48/h1-28H. The number of rotatable bonds is 3. The van der Waals surface area contributed by atoms with Crippen LogP contribution in [0, 0.1) is 0 Å². The molecule has 0 amide bonds. The fourth-order valence-corrected chi connectivity index (χ4v) is 8.89. The van der Waals surface area contributed by atoms with E-state index in [0.717, 1.165) is 0 Å². The zero-order chi connectivity index (χ0) is 31.3. The van der Waals surface area contributed by atoms with Crippen LogP contribution >= 0.6 is 0 Å². The summed E-state index contributed by atoms with van der Waals surface area (Å²) < 4.78 is 0. The molecule has 220 valence electrons. The molecule has 0 aromatic heterocycles. The van der Waals surface area contributed by atoms with Gasteiger partial charge in [-0.25, -0.2) is 0 Å². The van der Waals surface area contributed by atoms with Gasteiger partial charge in [0, 0.05) is 0 Å². The van der Waals surface area contributed by atoms with Gasteiger partial charge in [0.05, 0.1) is 0 Å². The first-order valence-corrected chi connectivity index (χ1v) is 16.8. The van der Waals surface area contributed by atoms with Gasteiger partial charge in [0.15, 0.2) is 0 Å². The second-order valence-electron chi connectivity index (χ2n) is 13.1. The first-order chi connectivity index (χ1) is 23.9. The van der Waals surface area contributed by atoms with E-state index < -0.39 is 0 Å². The number of hydrogen-bond acceptors (Lipinski definition) is 0. The van der Waals surface area contributed by atoms with Crippen molar-refractivity contribution >= 4 is 53.9 Å². The number of hydrogen-bond donors (Lipinski definition) is 0. The monoisotopic (exact) mass is 604 g/mol. The van der Waals surface area contributed by atoms with Crippen molar-refractivity contribution in [1.82, 2.24) is 0 Å². The Labute approximate surface area is 278 Å². The van der Waals surface area contributed by atoms with Gasteiger partial charge in [0.25, 0.3) is 0 Å². The highest BCUT2D eigenvalue weighted by Crippen LogP contribution is 2.59. The molecule has 0 N–H and O–H groups in total. The van der Waals surface area contributed by atoms with Gasteiger partial charge < -0.3 is 0 Å². The molecule has 1 aliphatic carbocycles. The van der Waals surface area contributed by atoms with E-state index in [1.54, 1.807) is 0 Å². The van der Waals surface area contributed by atoms with Crippen LogP contribution in [0.25, 0.3) is 109 Å². The van der Waals surface area contributed by atoms with Gasteiger partial charge in [-0.1, -0.05) is 170 Å². The van der Waals surface area contributed by atoms with E-state index in [2.05, 4.69) is 170 Å². The van der Waals surface area contributed by atoms with Gasteiger partial charge in [0.1, 0.15) is 0 Å². The van der Waals surface area contributed by atoms with Crippen molar-refractivity contribution in [2.24, 2.45) is 0 Å². The molecular weight excluding hydrogens is 577 g/mol. The van der Waals surface area contributed by atoms with Gasteiger partial charge in [-0.15, -0.1) is 0 Å². The first-order valence-electron chi connectivity index (χ1n) is 16.8. The Morgan fingerprint density at radius 2 is 0.729 bits per heavy atom. The normalized spacial score (nSPS) is 12.2. The second kappa shape index (κ2) is 9.64. The molecule has 48 heavy (non-hydrogen) atoms. The Morgan fingerprint density at radius 1 is 0.208 bits per heavy atom. The van der Waals surface area contributed by atoms with Crippen LogP contribution in [0.1, 0.15) is 0 Å². The number of fused-ring (bicyclic) bond motifs is 6. The van der Waals surface area contributed by atoms with Crippen molar-refractivity contribution in [3.63, 3.8) is 0 Å². The number of benzene rings is 10. The minimum Gasteiger partial charge on any atom is -0.0622 e. The van der Waals surface area contributed by atoms with Crippen molar-refractivity contribution in [2.45, 2.75) is 0 Å². The molecule has 0 heteroatoms. The maximum absolute atomic E-state index is 2.40. The highest BCUT2D eigenvalue weighted by Gasteiger charge is 2.32. The summed E-state index contributed by atoms with van der Waals surface area (Å²) >= 11 is 0. The fourth-order valence-electron chi connectivity index (χ4n) is 8.89. The molecular formula is C48H28. The Bertz CT molecular complexity index is 2910. The van der Waals surface area contributed by atoms with E-state index in [1.807, 2.05) is 0 Å². The van der Waals surface area contributed by atoms with Crippen molar-refractivity contribution in [3.8, 4) is 55.6 Å². The third kappa shape index (κ3) is 3.34. The summed E-state index contributed by atoms with van der Waals surface area (Å²) in [5.41, 5.74) is 13.0. The van der Waals surface area contributed by atoms with Crippen LogP contribution in [0.5, 0.6) is 0 Å². The molecule has 0 radical (unpaired) electrons. The quantitative estimate of drug-likeness (QED) is 0.139. The lowest BCUT2D eigenvalue weighted by Crippen LogP contribution is -1.95. The first kappa shape index (κ1) is 25.9. The third-order valence-electron chi connectivity index (χ3n) is 10.7. The summed E-state index contributed by atoms with van der Waals surface area (Å²) in [5, 5.41) is 13.3. The van der Waals surface area contributed by atoms with Crippen LogP contribution in [0.4, 0.5) is 0 Å². The van der Waals surface area contributed by atoms with Crippen LogP contribution in [-0.2, 0) is 0 Å². The Kier molecular flexibility index (Phi) is 5.20. The zero-order valence-electron chi connectivity index (χ0n) is 26.2. The summed E-state index contributed by atoms with van der Waals surface area (Å²) in [6, 6.07) is 63.0. The average Bonchev–Trinajstić information content (AvgIpc) is 3.49. The molecule has 0 nitrogen and oxygen atoms in total. The van der Waals surface area contributed by atoms with Crippen LogP contribution in [-0.4, -0.2) is 0 Å². The minimum absolute atomic E-state index is 1.23. The fraction of sp³-hybridized carbons (Fsp3) is 0. The summed E-state index contributed by atoms with van der Waals surface area (Å²) in [6.45, 7) is 0. The Hall–Kier alpha value is -6.24. The van der Waals surface area contributed by atoms with Gasteiger partial charge in [-0.05, 0) is 109 Å². The van der Waals surface area contributed by atoms with Crippen molar-refractivity contribution in [1.29, 1.82) is 0 Å². The molecule has 0 saturated heterocycles. The van der Waals surface area contributed by atoms with Crippen molar-refractivity contribution in [2.75, 3.05) is 0 Å². The molecule has 10 aromatic rings. The van der Waals surface area contributed by atoms with Crippen LogP contribution < -0.4 is 0 Å². The van der Waals surface area contributed by atoms with E-state index in [1.165, 1.54) is 109 Å². The maximum atomic E-state index is 2.40. The maximum Gasteiger partial charge on any atom is -0.000696 e. The minimum atomic E-state index is 1.23. The molecule has 1 aliphatic rings. The molecule has 0 fully saturated rings. The van der Waals surface area contributed by atoms with Gasteiger partial charge in [-0.3, -0.25) is 0 Å². The van der Waals surface area contributed by atoms with E-state index in [9.17, 15) is 0 Å². The smallest absolute Gasteiger partial charge is 0.000696 e. The van der Waals surface area contributed by atoms with Gasteiger partial charge in [0.2, 0.25) is 0 Å². The molecule has 10 aromatic carbocycles. The van der Waals surface area contributed by atoms with E-state index in [-0.39, 0.29) is 0 Å². The summed E-state index contributed by atoms with van der Waals surface area (Å²) in [6.07, 6.45) is 0. The molecule has 0 spiro atoms. The van der Waals surface area contributed by atoms with Gasteiger partial charge >= 0.3 is 0 Å². The molecule has 0 aliphatic heterocycles. The lowest BCUT2D eigenvalue weighted by atomic mass is 9.79. The summed E-state index contributed by atoms with van der Waals surface area (Å²) in [4.78, 5) is 0. The highest BCUT2D eigenvalue weighted by atomic mass is 14.3. The van der Waals surface area contributed by atoms with Crippen LogP contribution in [0.2, 0.25) is 0 Å². The molecule has 11 rings (SSSR count). The highest BCUT2D eigenvalue weighted by molar-refractivity contribution is 6.41. The average molecular weight is 605 g/mol. The third-order valence-corrected chi connectivity index (χ3v) is 10.7. The zero-order valence-corrected chi connectivity index (χ0v) is 26.2. The van der Waals surface area contributed by atoms with Gasteiger partial charge in [-0.2, -0.15) is 0 Å². The predicted molar refractivity (Wildman–Crippen MR) is 206 cm³/mol. The van der Waals surface area contributed by atoms with E-state index in [0.29, 0.717) is 0 Å². The molecule has 0 bridgehead atoms.